The van der Waals surface area contributed by atoms with Crippen molar-refractivity contribution in [2.24, 2.45) is 0 Å². The van der Waals surface area contributed by atoms with E-state index in [0.29, 0.717) is 30.8 Å². The Kier molecular flexibility index (Phi) is 6.41. The third-order valence-electron chi connectivity index (χ3n) is 4.60. The molecule has 0 bridgehead atoms. The van der Waals surface area contributed by atoms with Gasteiger partial charge in [0.1, 0.15) is 11.0 Å². The monoisotopic (exact) mass is 410 g/mol. The molecular weight excluding hydrogens is 391 g/mol. The third kappa shape index (κ3) is 5.03. The van der Waals surface area contributed by atoms with Crippen LogP contribution in [0.5, 0.6) is 5.88 Å². The summed E-state index contributed by atoms with van der Waals surface area (Å²) in [5, 5.41) is 6.75. The van der Waals surface area contributed by atoms with E-state index < -0.39 is 0 Å². The summed E-state index contributed by atoms with van der Waals surface area (Å²) < 4.78 is 23.9. The fraction of sp³-hybridized carbons (Fsp3) is 0.389. The molecule has 0 spiro atoms. The van der Waals surface area contributed by atoms with Crippen LogP contribution in [0.1, 0.15) is 18.4 Å². The van der Waals surface area contributed by atoms with Crippen molar-refractivity contribution in [3.63, 3.8) is 0 Å². The van der Waals surface area contributed by atoms with Crippen LogP contribution in [0.3, 0.4) is 0 Å². The molecule has 1 saturated heterocycles. The molecule has 144 valence electrons. The Balaban J connectivity index is 1.69. The number of methoxy groups -OCH3 is 1. The van der Waals surface area contributed by atoms with Crippen molar-refractivity contribution >= 4 is 34.9 Å². The van der Waals surface area contributed by atoms with E-state index in [-0.39, 0.29) is 22.3 Å². The van der Waals surface area contributed by atoms with E-state index in [4.69, 9.17) is 33.3 Å². The van der Waals surface area contributed by atoms with Crippen molar-refractivity contribution in [2.45, 2.75) is 18.3 Å². The number of hydrogen-bond donors (Lipinski definition) is 2. The van der Waals surface area contributed by atoms with Gasteiger partial charge in [0, 0.05) is 31.2 Å². The van der Waals surface area contributed by atoms with Gasteiger partial charge in [0.2, 0.25) is 11.8 Å². The molecule has 1 aromatic carbocycles. The zero-order chi connectivity index (χ0) is 19.3. The highest BCUT2D eigenvalue weighted by Crippen LogP contribution is 2.34. The Hall–Kier alpha value is -2.03. The number of rotatable bonds is 5. The number of nitrogens with zero attached hydrogens (tertiary/aromatic N) is 2. The van der Waals surface area contributed by atoms with Crippen molar-refractivity contribution in [3.8, 4) is 5.88 Å². The minimum Gasteiger partial charge on any atom is -0.481 e. The van der Waals surface area contributed by atoms with Gasteiger partial charge in [-0.1, -0.05) is 23.7 Å². The molecule has 6 nitrogen and oxygen atoms in total. The zero-order valence-corrected chi connectivity index (χ0v) is 16.4. The fourth-order valence-corrected chi connectivity index (χ4v) is 3.42. The molecule has 27 heavy (non-hydrogen) atoms. The lowest BCUT2D eigenvalue weighted by molar-refractivity contribution is 0.0515. The summed E-state index contributed by atoms with van der Waals surface area (Å²) in [5.74, 6) is 0.338. The highest BCUT2D eigenvalue weighted by molar-refractivity contribution is 7.80. The van der Waals surface area contributed by atoms with Crippen LogP contribution in [0.15, 0.2) is 30.3 Å². The first-order chi connectivity index (χ1) is 13.0. The first-order valence-corrected chi connectivity index (χ1v) is 9.27. The van der Waals surface area contributed by atoms with E-state index >= 15 is 0 Å². The van der Waals surface area contributed by atoms with Crippen LogP contribution in [0.2, 0.25) is 5.15 Å². The Labute approximate surface area is 167 Å². The third-order valence-corrected chi connectivity index (χ3v) is 5.04. The van der Waals surface area contributed by atoms with Crippen molar-refractivity contribution in [1.29, 1.82) is 0 Å². The number of nitrogens with one attached hydrogen (secondary N) is 2. The van der Waals surface area contributed by atoms with Gasteiger partial charge in [0.05, 0.1) is 7.11 Å². The molecule has 1 aromatic heterocycles. The summed E-state index contributed by atoms with van der Waals surface area (Å²) in [7, 11) is 1.50. The Bertz CT molecular complexity index is 800. The van der Waals surface area contributed by atoms with Crippen LogP contribution >= 0.6 is 23.8 Å². The van der Waals surface area contributed by atoms with E-state index in [2.05, 4.69) is 20.6 Å². The number of benzene rings is 1. The number of thiocarbonyl (C=S) groups is 1. The van der Waals surface area contributed by atoms with Crippen LogP contribution in [0, 0.1) is 5.82 Å². The van der Waals surface area contributed by atoms with Crippen molar-refractivity contribution in [3.05, 3.63) is 46.9 Å². The fourth-order valence-electron chi connectivity index (χ4n) is 3.09. The molecular formula is C18H20ClFN4O2S. The molecule has 0 aliphatic carbocycles. The normalized spacial score (nSPS) is 15.8. The highest BCUT2D eigenvalue weighted by Gasteiger charge is 2.34. The van der Waals surface area contributed by atoms with Crippen LogP contribution in [0.4, 0.5) is 10.3 Å². The first kappa shape index (κ1) is 19.7. The lowest BCUT2D eigenvalue weighted by Crippen LogP contribution is -2.45. The van der Waals surface area contributed by atoms with Crippen molar-refractivity contribution in [1.82, 2.24) is 15.3 Å². The molecule has 3 rings (SSSR count). The molecule has 0 radical (unpaired) electrons. The lowest BCUT2D eigenvalue weighted by Gasteiger charge is -2.38. The lowest BCUT2D eigenvalue weighted by atomic mass is 9.74. The van der Waals surface area contributed by atoms with Gasteiger partial charge in [-0.05, 0) is 42.8 Å². The van der Waals surface area contributed by atoms with Crippen molar-refractivity contribution < 1.29 is 13.9 Å². The average Bonchev–Trinajstić information content (AvgIpc) is 2.67. The summed E-state index contributed by atoms with van der Waals surface area (Å²) in [6.07, 6.45) is 1.63. The SMILES string of the molecule is COc1cc(Cl)nc(NC(=S)NCC2(c3ccc(F)cc3)CCOCC2)n1. The van der Waals surface area contributed by atoms with Crippen LogP contribution in [0.25, 0.3) is 0 Å². The van der Waals surface area contributed by atoms with Gasteiger partial charge >= 0.3 is 0 Å². The Morgan fingerprint density at radius 2 is 2.00 bits per heavy atom. The molecule has 0 saturated carbocycles. The second kappa shape index (κ2) is 8.77. The summed E-state index contributed by atoms with van der Waals surface area (Å²) in [4.78, 5) is 8.23. The van der Waals surface area contributed by atoms with Crippen LogP contribution in [-0.4, -0.2) is 41.9 Å². The average molecular weight is 411 g/mol. The maximum Gasteiger partial charge on any atom is 0.233 e. The molecule has 0 atom stereocenters. The number of hydrogen-bond acceptors (Lipinski definition) is 5. The Morgan fingerprint density at radius 3 is 2.67 bits per heavy atom. The standard InChI is InChI=1S/C18H20ClFN4O2S/c1-25-15-10-14(19)22-16(23-15)24-17(27)21-11-18(6-8-26-9-7-18)12-2-4-13(20)5-3-12/h2-5,10H,6-9,11H2,1H3,(H2,21,22,23,24,27). The summed E-state index contributed by atoms with van der Waals surface area (Å²) in [5.41, 5.74) is 0.869. The quantitative estimate of drug-likeness (QED) is 0.579. The second-order valence-corrected chi connectivity index (χ2v) is 7.06. The maximum absolute atomic E-state index is 13.3. The molecule has 1 aliphatic rings. The zero-order valence-electron chi connectivity index (χ0n) is 14.8. The molecule has 2 aromatic rings. The van der Waals surface area contributed by atoms with Gasteiger partial charge in [0.15, 0.2) is 5.11 Å². The molecule has 2 N–H and O–H groups in total. The van der Waals surface area contributed by atoms with Crippen LogP contribution in [-0.2, 0) is 10.2 Å². The van der Waals surface area contributed by atoms with Gasteiger partial charge in [-0.3, -0.25) is 0 Å². The van der Waals surface area contributed by atoms with Crippen LogP contribution < -0.4 is 15.4 Å². The molecule has 2 heterocycles. The highest BCUT2D eigenvalue weighted by atomic mass is 35.5. The molecule has 1 aliphatic heterocycles. The molecule has 0 amide bonds. The molecule has 0 unspecified atom stereocenters. The van der Waals surface area contributed by atoms with Gasteiger partial charge < -0.3 is 20.1 Å². The minimum atomic E-state index is -0.252. The van der Waals surface area contributed by atoms with Gasteiger partial charge in [-0.2, -0.15) is 4.98 Å². The molecule has 9 heteroatoms. The largest absolute Gasteiger partial charge is 0.481 e. The first-order valence-electron chi connectivity index (χ1n) is 8.48. The topological polar surface area (TPSA) is 68.3 Å². The summed E-state index contributed by atoms with van der Waals surface area (Å²) in [6, 6.07) is 8.12. The predicted octanol–water partition coefficient (Wildman–Crippen LogP) is 3.31. The van der Waals surface area contributed by atoms with Gasteiger partial charge in [0.25, 0.3) is 0 Å². The minimum absolute atomic E-state index is 0.190. The number of aromatic nitrogens is 2. The van der Waals surface area contributed by atoms with E-state index in [0.717, 1.165) is 18.4 Å². The van der Waals surface area contributed by atoms with E-state index in [9.17, 15) is 4.39 Å². The number of anilines is 1. The Morgan fingerprint density at radius 1 is 1.30 bits per heavy atom. The van der Waals surface area contributed by atoms with Gasteiger partial charge in [-0.15, -0.1) is 0 Å². The van der Waals surface area contributed by atoms with E-state index in [1.54, 1.807) is 0 Å². The maximum atomic E-state index is 13.3. The smallest absolute Gasteiger partial charge is 0.233 e. The van der Waals surface area contributed by atoms with Crippen molar-refractivity contribution in [2.75, 3.05) is 32.2 Å². The number of ether oxygens (including phenoxy) is 2. The summed E-state index contributed by atoms with van der Waals surface area (Å²) in [6.45, 7) is 1.87. The predicted molar refractivity (Wildman–Crippen MR) is 106 cm³/mol. The van der Waals surface area contributed by atoms with E-state index in [1.807, 2.05) is 12.1 Å². The number of halogens is 2. The summed E-state index contributed by atoms with van der Waals surface area (Å²) >= 11 is 11.3. The van der Waals surface area contributed by atoms with E-state index in [1.165, 1.54) is 25.3 Å². The van der Waals surface area contributed by atoms with Gasteiger partial charge in [-0.25, -0.2) is 9.37 Å². The molecule has 1 fully saturated rings. The second-order valence-electron chi connectivity index (χ2n) is 6.26.